The van der Waals surface area contributed by atoms with Crippen LogP contribution in [0.3, 0.4) is 0 Å². The molecule has 0 saturated heterocycles. The summed E-state index contributed by atoms with van der Waals surface area (Å²) in [7, 11) is 3.54. The Kier molecular flexibility index (Phi) is 2.56. The van der Waals surface area contributed by atoms with Crippen LogP contribution in [0.5, 0.6) is 5.88 Å². The SMILES string of the molecule is COc1cc2c(-c3c[nH]c(=O)c4[nH]cnc34)cn(C)c2cn1. The third kappa shape index (κ3) is 1.65. The number of hydrogen-bond donors (Lipinski definition) is 2. The van der Waals surface area contributed by atoms with Gasteiger partial charge in [-0.15, -0.1) is 0 Å². The van der Waals surface area contributed by atoms with Gasteiger partial charge in [-0.2, -0.15) is 0 Å². The summed E-state index contributed by atoms with van der Waals surface area (Å²) in [6.07, 6.45) is 6.97. The highest BCUT2D eigenvalue weighted by Crippen LogP contribution is 2.33. The Labute approximate surface area is 124 Å². The Morgan fingerprint density at radius 1 is 1.23 bits per heavy atom. The van der Waals surface area contributed by atoms with Crippen LogP contribution in [0.2, 0.25) is 0 Å². The van der Waals surface area contributed by atoms with E-state index in [2.05, 4.69) is 19.9 Å². The molecule has 22 heavy (non-hydrogen) atoms. The van der Waals surface area contributed by atoms with Crippen LogP contribution in [-0.2, 0) is 7.05 Å². The molecule has 0 aliphatic rings. The van der Waals surface area contributed by atoms with E-state index in [-0.39, 0.29) is 5.56 Å². The number of fused-ring (bicyclic) bond motifs is 2. The van der Waals surface area contributed by atoms with E-state index in [1.807, 2.05) is 23.9 Å². The Morgan fingerprint density at radius 3 is 2.91 bits per heavy atom. The smallest absolute Gasteiger partial charge is 0.273 e. The summed E-state index contributed by atoms with van der Waals surface area (Å²) in [6.45, 7) is 0. The Hall–Kier alpha value is -3.09. The first-order valence-corrected chi connectivity index (χ1v) is 6.73. The Bertz CT molecular complexity index is 1060. The average molecular weight is 295 g/mol. The standard InChI is InChI=1S/C15H13N5O2/c1-20-6-10(8-3-12(22-2)16-5-11(8)20)9-4-17-15(21)14-13(9)18-7-19-14/h3-7H,1-2H3,(H,17,21)(H,18,19). The number of aryl methyl sites for hydroxylation is 1. The lowest BCUT2D eigenvalue weighted by atomic mass is 10.1. The molecule has 0 aromatic carbocycles. The van der Waals surface area contributed by atoms with Crippen LogP contribution in [0.4, 0.5) is 0 Å². The van der Waals surface area contributed by atoms with Gasteiger partial charge in [0.05, 0.1) is 25.2 Å². The molecule has 110 valence electrons. The molecule has 7 heteroatoms. The maximum absolute atomic E-state index is 11.8. The van der Waals surface area contributed by atoms with Crippen LogP contribution in [0.25, 0.3) is 33.1 Å². The normalized spacial score (nSPS) is 11.4. The van der Waals surface area contributed by atoms with Crippen LogP contribution in [0.15, 0.2) is 35.8 Å². The first-order chi connectivity index (χ1) is 10.7. The van der Waals surface area contributed by atoms with Crippen LogP contribution < -0.4 is 10.3 Å². The number of nitrogens with one attached hydrogen (secondary N) is 2. The van der Waals surface area contributed by atoms with E-state index in [0.29, 0.717) is 16.9 Å². The van der Waals surface area contributed by atoms with Gasteiger partial charge in [-0.3, -0.25) is 4.79 Å². The first-order valence-electron chi connectivity index (χ1n) is 6.73. The zero-order valence-electron chi connectivity index (χ0n) is 12.0. The number of H-pyrrole nitrogens is 2. The molecule has 0 radical (unpaired) electrons. The molecular formula is C15H13N5O2. The van der Waals surface area contributed by atoms with Crippen LogP contribution >= 0.6 is 0 Å². The molecule has 4 aromatic heterocycles. The maximum atomic E-state index is 11.8. The number of pyridine rings is 2. The molecule has 0 atom stereocenters. The molecule has 0 fully saturated rings. The van der Waals surface area contributed by atoms with E-state index in [0.717, 1.165) is 22.0 Å². The van der Waals surface area contributed by atoms with E-state index >= 15 is 0 Å². The molecule has 0 saturated carbocycles. The lowest BCUT2D eigenvalue weighted by Crippen LogP contribution is -2.05. The summed E-state index contributed by atoms with van der Waals surface area (Å²) in [5, 5.41) is 0.991. The molecule has 0 bridgehead atoms. The predicted octanol–water partition coefficient (Wildman–Crippen LogP) is 1.81. The summed E-state index contributed by atoms with van der Waals surface area (Å²) in [6, 6.07) is 1.88. The van der Waals surface area contributed by atoms with Crippen LogP contribution in [-0.4, -0.2) is 31.6 Å². The summed E-state index contributed by atoms with van der Waals surface area (Å²) in [5.41, 5.74) is 3.73. The lowest BCUT2D eigenvalue weighted by molar-refractivity contribution is 0.398. The minimum atomic E-state index is -0.185. The lowest BCUT2D eigenvalue weighted by Gasteiger charge is -2.02. The topological polar surface area (TPSA) is 88.6 Å². The van der Waals surface area contributed by atoms with Crippen molar-refractivity contribution in [3.8, 4) is 17.0 Å². The van der Waals surface area contributed by atoms with Gasteiger partial charge in [0, 0.05) is 42.0 Å². The van der Waals surface area contributed by atoms with Crippen molar-refractivity contribution in [2.45, 2.75) is 0 Å². The van der Waals surface area contributed by atoms with Crippen molar-refractivity contribution < 1.29 is 4.74 Å². The highest BCUT2D eigenvalue weighted by molar-refractivity contribution is 6.02. The maximum Gasteiger partial charge on any atom is 0.273 e. The largest absolute Gasteiger partial charge is 0.481 e. The second-order valence-corrected chi connectivity index (χ2v) is 5.06. The van der Waals surface area contributed by atoms with E-state index in [1.165, 1.54) is 6.33 Å². The number of rotatable bonds is 2. The van der Waals surface area contributed by atoms with E-state index in [4.69, 9.17) is 4.74 Å². The van der Waals surface area contributed by atoms with Crippen LogP contribution in [0, 0.1) is 0 Å². The van der Waals surface area contributed by atoms with Gasteiger partial charge in [-0.05, 0) is 0 Å². The molecular weight excluding hydrogens is 282 g/mol. The van der Waals surface area contributed by atoms with Gasteiger partial charge in [0.1, 0.15) is 11.0 Å². The Balaban J connectivity index is 2.10. The number of hydrogen-bond acceptors (Lipinski definition) is 4. The molecule has 0 spiro atoms. The fraction of sp³-hybridized carbons (Fsp3) is 0.133. The van der Waals surface area contributed by atoms with E-state index in [9.17, 15) is 4.79 Å². The van der Waals surface area contributed by atoms with Gasteiger partial charge in [-0.25, -0.2) is 9.97 Å². The quantitative estimate of drug-likeness (QED) is 0.590. The van der Waals surface area contributed by atoms with Crippen molar-refractivity contribution in [3.05, 3.63) is 41.3 Å². The number of methoxy groups -OCH3 is 1. The minimum absolute atomic E-state index is 0.185. The number of aromatic amines is 2. The predicted molar refractivity (Wildman–Crippen MR) is 83.0 cm³/mol. The fourth-order valence-corrected chi connectivity index (χ4v) is 2.74. The second kappa shape index (κ2) is 4.45. The average Bonchev–Trinajstić information content (AvgIpc) is 3.14. The monoisotopic (exact) mass is 295 g/mol. The van der Waals surface area contributed by atoms with Crippen molar-refractivity contribution in [2.24, 2.45) is 7.05 Å². The molecule has 0 unspecified atom stereocenters. The number of nitrogens with zero attached hydrogens (tertiary/aromatic N) is 3. The van der Waals surface area contributed by atoms with Crippen LogP contribution in [0.1, 0.15) is 0 Å². The highest BCUT2D eigenvalue weighted by Gasteiger charge is 2.15. The molecule has 4 aromatic rings. The zero-order chi connectivity index (χ0) is 15.3. The summed E-state index contributed by atoms with van der Waals surface area (Å²) >= 11 is 0. The van der Waals surface area contributed by atoms with Crippen molar-refractivity contribution in [3.63, 3.8) is 0 Å². The molecule has 0 aliphatic heterocycles. The molecule has 4 rings (SSSR count). The van der Waals surface area contributed by atoms with Crippen molar-refractivity contribution in [2.75, 3.05) is 7.11 Å². The summed E-state index contributed by atoms with van der Waals surface area (Å²) < 4.78 is 7.20. The molecule has 7 nitrogen and oxygen atoms in total. The number of ether oxygens (including phenoxy) is 1. The van der Waals surface area contributed by atoms with Crippen molar-refractivity contribution in [1.29, 1.82) is 0 Å². The second-order valence-electron chi connectivity index (χ2n) is 5.06. The van der Waals surface area contributed by atoms with Gasteiger partial charge in [0.2, 0.25) is 5.88 Å². The number of aromatic nitrogens is 5. The Morgan fingerprint density at radius 2 is 2.09 bits per heavy atom. The third-order valence-corrected chi connectivity index (χ3v) is 3.82. The van der Waals surface area contributed by atoms with Crippen molar-refractivity contribution >= 4 is 21.9 Å². The highest BCUT2D eigenvalue weighted by atomic mass is 16.5. The fourth-order valence-electron chi connectivity index (χ4n) is 2.74. The minimum Gasteiger partial charge on any atom is -0.481 e. The molecule has 0 aliphatic carbocycles. The van der Waals surface area contributed by atoms with E-state index < -0.39 is 0 Å². The van der Waals surface area contributed by atoms with Gasteiger partial charge in [0.15, 0.2) is 0 Å². The van der Waals surface area contributed by atoms with Gasteiger partial charge >= 0.3 is 0 Å². The van der Waals surface area contributed by atoms with E-state index in [1.54, 1.807) is 19.5 Å². The van der Waals surface area contributed by atoms with Gasteiger partial charge in [-0.1, -0.05) is 0 Å². The number of imidazole rings is 1. The molecule has 0 amide bonds. The molecule has 2 N–H and O–H groups in total. The van der Waals surface area contributed by atoms with Gasteiger partial charge < -0.3 is 19.3 Å². The molecule has 4 heterocycles. The summed E-state index contributed by atoms with van der Waals surface area (Å²) in [5.74, 6) is 0.544. The zero-order valence-corrected chi connectivity index (χ0v) is 12.0. The first kappa shape index (κ1) is 12.6. The van der Waals surface area contributed by atoms with Crippen molar-refractivity contribution in [1.82, 2.24) is 24.5 Å². The third-order valence-electron chi connectivity index (χ3n) is 3.82. The summed E-state index contributed by atoms with van der Waals surface area (Å²) in [4.78, 5) is 26.0. The van der Waals surface area contributed by atoms with Gasteiger partial charge in [0.25, 0.3) is 5.56 Å².